The Morgan fingerprint density at radius 3 is 2.83 bits per heavy atom. The Hall–Kier alpha value is -0.570. The fourth-order valence-electron chi connectivity index (χ4n) is 1.01. The van der Waals surface area contributed by atoms with Crippen LogP contribution in [-0.4, -0.2) is 12.4 Å². The van der Waals surface area contributed by atoms with Crippen LogP contribution in [0.25, 0.3) is 0 Å². The van der Waals surface area contributed by atoms with Gasteiger partial charge in [0.2, 0.25) is 0 Å². The predicted molar refractivity (Wildman–Crippen MR) is 50.5 cm³/mol. The summed E-state index contributed by atoms with van der Waals surface area (Å²) in [6.07, 6.45) is 0.684. The lowest BCUT2D eigenvalue weighted by Gasteiger charge is -2.04. The number of hydrogen-bond acceptors (Lipinski definition) is 1. The summed E-state index contributed by atoms with van der Waals surface area (Å²) in [5.74, 6) is 0.0629. The van der Waals surface area contributed by atoms with Gasteiger partial charge < -0.3 is 4.74 Å². The zero-order valence-corrected chi connectivity index (χ0v) is 8.40. The fourth-order valence-corrected chi connectivity index (χ4v) is 1.44. The van der Waals surface area contributed by atoms with E-state index in [9.17, 15) is 4.39 Å². The number of alkyl halides is 1. The van der Waals surface area contributed by atoms with Gasteiger partial charge in [-0.05, 0) is 18.1 Å². The second kappa shape index (κ2) is 4.45. The van der Waals surface area contributed by atoms with Gasteiger partial charge in [-0.25, -0.2) is 4.39 Å². The first-order chi connectivity index (χ1) is 5.79. The molecule has 0 bridgehead atoms. The fraction of sp³-hybridized carbons (Fsp3) is 0.333. The molecule has 0 spiro atoms. The van der Waals surface area contributed by atoms with Gasteiger partial charge in [0.1, 0.15) is 0 Å². The molecule has 0 saturated carbocycles. The summed E-state index contributed by atoms with van der Waals surface area (Å²) < 4.78 is 18.2. The number of aryl methyl sites for hydroxylation is 1. The van der Waals surface area contributed by atoms with Gasteiger partial charge in [0.05, 0.1) is 7.11 Å². The molecular weight excluding hydrogens is 223 g/mol. The van der Waals surface area contributed by atoms with Crippen molar-refractivity contribution in [3.8, 4) is 5.75 Å². The molecule has 3 heteroatoms. The number of halogens is 2. The number of methoxy groups -OCH3 is 1. The molecule has 0 aliphatic carbocycles. The normalized spacial score (nSPS) is 9.92. The van der Waals surface area contributed by atoms with E-state index in [1.54, 1.807) is 18.2 Å². The summed E-state index contributed by atoms with van der Waals surface area (Å²) in [6.45, 7) is 0. The third-order valence-electron chi connectivity index (χ3n) is 1.63. The van der Waals surface area contributed by atoms with E-state index >= 15 is 0 Å². The van der Waals surface area contributed by atoms with Crippen LogP contribution < -0.4 is 4.74 Å². The minimum atomic E-state index is -0.251. The van der Waals surface area contributed by atoms with Gasteiger partial charge in [-0.15, -0.1) is 0 Å². The molecule has 1 nitrogen and oxygen atoms in total. The summed E-state index contributed by atoms with van der Waals surface area (Å²) in [6, 6.07) is 5.17. The van der Waals surface area contributed by atoms with E-state index in [0.29, 0.717) is 17.7 Å². The van der Waals surface area contributed by atoms with Crippen molar-refractivity contribution in [3.05, 3.63) is 29.6 Å². The van der Waals surface area contributed by atoms with Crippen LogP contribution in [0.1, 0.15) is 5.56 Å². The molecule has 66 valence electrons. The maximum absolute atomic E-state index is 13.3. The van der Waals surface area contributed by atoms with E-state index in [4.69, 9.17) is 4.74 Å². The summed E-state index contributed by atoms with van der Waals surface area (Å²) in [5.41, 5.74) is 0.686. The smallest absolute Gasteiger partial charge is 0.168 e. The lowest BCUT2D eigenvalue weighted by atomic mass is 10.1. The summed E-state index contributed by atoms with van der Waals surface area (Å²) in [5, 5.41) is 0.761. The quantitative estimate of drug-likeness (QED) is 0.729. The Morgan fingerprint density at radius 2 is 2.25 bits per heavy atom. The maximum atomic E-state index is 13.3. The first-order valence-corrected chi connectivity index (χ1v) is 4.79. The van der Waals surface area contributed by atoms with Crippen molar-refractivity contribution in [2.45, 2.75) is 6.42 Å². The zero-order chi connectivity index (χ0) is 8.97. The lowest BCUT2D eigenvalue weighted by molar-refractivity contribution is 0.384. The summed E-state index contributed by atoms with van der Waals surface area (Å²) in [7, 11) is 1.47. The van der Waals surface area contributed by atoms with Crippen molar-refractivity contribution in [1.82, 2.24) is 0 Å². The van der Waals surface area contributed by atoms with E-state index in [0.717, 1.165) is 5.33 Å². The van der Waals surface area contributed by atoms with Crippen LogP contribution in [-0.2, 0) is 6.42 Å². The minimum absolute atomic E-state index is 0.251. The van der Waals surface area contributed by atoms with Gasteiger partial charge in [0, 0.05) is 5.33 Å². The van der Waals surface area contributed by atoms with Gasteiger partial charge in [-0.3, -0.25) is 0 Å². The molecule has 1 aromatic carbocycles. The van der Waals surface area contributed by atoms with Crippen LogP contribution in [0.4, 0.5) is 4.39 Å². The van der Waals surface area contributed by atoms with E-state index < -0.39 is 0 Å². The van der Waals surface area contributed by atoms with E-state index in [1.807, 2.05) is 0 Å². The highest BCUT2D eigenvalue weighted by atomic mass is 79.9. The Balaban J connectivity index is 2.97. The van der Waals surface area contributed by atoms with Gasteiger partial charge in [0.25, 0.3) is 0 Å². The van der Waals surface area contributed by atoms with Crippen molar-refractivity contribution in [2.75, 3.05) is 12.4 Å². The zero-order valence-electron chi connectivity index (χ0n) is 6.81. The second-order valence-electron chi connectivity index (χ2n) is 2.37. The number of ether oxygens (including phenoxy) is 1. The van der Waals surface area contributed by atoms with Crippen LogP contribution in [0.5, 0.6) is 5.75 Å². The number of rotatable bonds is 3. The molecule has 0 aromatic heterocycles. The Kier molecular flexibility index (Phi) is 3.53. The van der Waals surface area contributed by atoms with E-state index in [1.165, 1.54) is 7.11 Å². The van der Waals surface area contributed by atoms with Gasteiger partial charge in [-0.2, -0.15) is 0 Å². The topological polar surface area (TPSA) is 9.23 Å². The molecule has 1 rings (SSSR count). The summed E-state index contributed by atoms with van der Waals surface area (Å²) >= 11 is 3.26. The van der Waals surface area contributed by atoms with Gasteiger partial charge in [-0.1, -0.05) is 28.1 Å². The Morgan fingerprint density at radius 1 is 1.50 bits per heavy atom. The van der Waals surface area contributed by atoms with Crippen molar-refractivity contribution in [2.24, 2.45) is 0 Å². The SMILES string of the molecule is COc1cccc(CCBr)c1F. The van der Waals surface area contributed by atoms with Crippen molar-refractivity contribution >= 4 is 15.9 Å². The van der Waals surface area contributed by atoms with Crippen molar-refractivity contribution < 1.29 is 9.13 Å². The summed E-state index contributed by atoms with van der Waals surface area (Å²) in [4.78, 5) is 0. The highest BCUT2D eigenvalue weighted by Crippen LogP contribution is 2.20. The molecule has 0 fully saturated rings. The molecular formula is C9H10BrFO. The Labute approximate surface area is 79.7 Å². The van der Waals surface area contributed by atoms with Crippen molar-refractivity contribution in [1.29, 1.82) is 0 Å². The van der Waals surface area contributed by atoms with Crippen molar-refractivity contribution in [3.63, 3.8) is 0 Å². The van der Waals surface area contributed by atoms with Gasteiger partial charge >= 0.3 is 0 Å². The first-order valence-electron chi connectivity index (χ1n) is 3.67. The maximum Gasteiger partial charge on any atom is 0.168 e. The monoisotopic (exact) mass is 232 g/mol. The molecule has 0 radical (unpaired) electrons. The Bertz CT molecular complexity index is 263. The molecule has 1 aromatic rings. The first kappa shape index (κ1) is 9.52. The average molecular weight is 233 g/mol. The predicted octanol–water partition coefficient (Wildman–Crippen LogP) is 2.77. The molecule has 0 amide bonds. The molecule has 0 unspecified atom stereocenters. The third-order valence-corrected chi connectivity index (χ3v) is 2.02. The molecule has 0 atom stereocenters. The van der Waals surface area contributed by atoms with Gasteiger partial charge in [0.15, 0.2) is 11.6 Å². The minimum Gasteiger partial charge on any atom is -0.494 e. The molecule has 0 aliphatic heterocycles. The highest BCUT2D eigenvalue weighted by molar-refractivity contribution is 9.09. The van der Waals surface area contributed by atoms with Crippen LogP contribution in [0.2, 0.25) is 0 Å². The standard InChI is InChI=1S/C9H10BrFO/c1-12-8-4-2-3-7(5-6-10)9(8)11/h2-4H,5-6H2,1H3. The van der Waals surface area contributed by atoms with Crippen LogP contribution >= 0.6 is 15.9 Å². The number of hydrogen-bond donors (Lipinski definition) is 0. The van der Waals surface area contributed by atoms with E-state index in [2.05, 4.69) is 15.9 Å². The molecule has 0 aliphatic rings. The average Bonchev–Trinajstić information content (AvgIpc) is 2.09. The molecule has 0 N–H and O–H groups in total. The lowest BCUT2D eigenvalue weighted by Crippen LogP contribution is -1.95. The third kappa shape index (κ3) is 1.97. The highest BCUT2D eigenvalue weighted by Gasteiger charge is 2.06. The van der Waals surface area contributed by atoms with Crippen LogP contribution in [0.3, 0.4) is 0 Å². The molecule has 0 heterocycles. The second-order valence-corrected chi connectivity index (χ2v) is 3.17. The molecule has 12 heavy (non-hydrogen) atoms. The van der Waals surface area contributed by atoms with Crippen LogP contribution in [0.15, 0.2) is 18.2 Å². The largest absolute Gasteiger partial charge is 0.494 e. The van der Waals surface area contributed by atoms with Crippen LogP contribution in [0, 0.1) is 5.82 Å². The molecule has 0 saturated heterocycles. The number of benzene rings is 1. The van der Waals surface area contributed by atoms with E-state index in [-0.39, 0.29) is 5.82 Å².